The van der Waals surface area contributed by atoms with Gasteiger partial charge in [0.15, 0.2) is 11.5 Å². The fourth-order valence-corrected chi connectivity index (χ4v) is 3.42. The summed E-state index contributed by atoms with van der Waals surface area (Å²) in [6, 6.07) is 17.7. The van der Waals surface area contributed by atoms with Gasteiger partial charge in [0.25, 0.3) is 0 Å². The third-order valence-corrected chi connectivity index (χ3v) is 4.82. The number of pyridine rings is 1. The molecular weight excluding hydrogens is 352 g/mol. The van der Waals surface area contributed by atoms with Crippen molar-refractivity contribution in [3.05, 3.63) is 71.9 Å². The molecule has 2 heterocycles. The van der Waals surface area contributed by atoms with Crippen molar-refractivity contribution >= 4 is 17.2 Å². The molecule has 0 saturated carbocycles. The van der Waals surface area contributed by atoms with Crippen LogP contribution in [-0.4, -0.2) is 35.2 Å². The van der Waals surface area contributed by atoms with E-state index in [4.69, 9.17) is 4.74 Å². The molecule has 4 rings (SSSR count). The molecule has 3 aromatic rings. The number of phenols is 1. The third kappa shape index (κ3) is 4.18. The summed E-state index contributed by atoms with van der Waals surface area (Å²) in [5.74, 6) is 1.50. The molecule has 2 aromatic carbocycles. The Bertz CT molecular complexity index is 947. The van der Waals surface area contributed by atoms with Gasteiger partial charge in [-0.05, 0) is 41.5 Å². The number of nitrogens with one attached hydrogen (secondary N) is 2. The summed E-state index contributed by atoms with van der Waals surface area (Å²) < 4.78 is 5.13. The average molecular weight is 376 g/mol. The van der Waals surface area contributed by atoms with Crippen LogP contribution in [0.5, 0.6) is 11.5 Å². The van der Waals surface area contributed by atoms with E-state index in [0.29, 0.717) is 5.75 Å². The van der Waals surface area contributed by atoms with Gasteiger partial charge in [0, 0.05) is 31.9 Å². The lowest BCUT2D eigenvalue weighted by Crippen LogP contribution is -2.25. The number of fused-ring (bicyclic) bond motifs is 1. The minimum atomic E-state index is 0.173. The average Bonchev–Trinajstić information content (AvgIpc) is 2.90. The SMILES string of the molecule is COc1ccc(CN2CCNc3cnc(Nc4ccccc4)cc3C2)cc1O. The molecule has 0 fully saturated rings. The number of ether oxygens (including phenoxy) is 1. The van der Waals surface area contributed by atoms with Crippen LogP contribution < -0.4 is 15.4 Å². The zero-order valence-electron chi connectivity index (χ0n) is 15.9. The van der Waals surface area contributed by atoms with Crippen LogP contribution in [0.15, 0.2) is 60.8 Å². The van der Waals surface area contributed by atoms with Crippen molar-refractivity contribution in [3.63, 3.8) is 0 Å². The number of nitrogens with zero attached hydrogens (tertiary/aromatic N) is 2. The summed E-state index contributed by atoms with van der Waals surface area (Å²) in [7, 11) is 1.56. The third-order valence-electron chi connectivity index (χ3n) is 4.82. The Morgan fingerprint density at radius 2 is 2.04 bits per heavy atom. The summed E-state index contributed by atoms with van der Waals surface area (Å²) in [6.07, 6.45) is 1.89. The first-order valence-electron chi connectivity index (χ1n) is 9.34. The smallest absolute Gasteiger partial charge is 0.160 e. The molecule has 0 bridgehead atoms. The maximum absolute atomic E-state index is 10.0. The zero-order chi connectivity index (χ0) is 19.3. The first kappa shape index (κ1) is 18.1. The molecule has 1 aliphatic rings. The molecule has 0 atom stereocenters. The van der Waals surface area contributed by atoms with E-state index in [-0.39, 0.29) is 5.75 Å². The Hall–Kier alpha value is -3.25. The number of para-hydroxylation sites is 1. The summed E-state index contributed by atoms with van der Waals surface area (Å²) in [4.78, 5) is 6.88. The predicted molar refractivity (Wildman–Crippen MR) is 111 cm³/mol. The summed E-state index contributed by atoms with van der Waals surface area (Å²) in [5, 5.41) is 16.9. The van der Waals surface area contributed by atoms with Crippen molar-refractivity contribution in [2.75, 3.05) is 30.8 Å². The van der Waals surface area contributed by atoms with Gasteiger partial charge in [-0.25, -0.2) is 4.98 Å². The second-order valence-electron chi connectivity index (χ2n) is 6.86. The Balaban J connectivity index is 1.50. The van der Waals surface area contributed by atoms with Crippen LogP contribution in [0.1, 0.15) is 11.1 Å². The molecule has 6 nitrogen and oxygen atoms in total. The molecule has 0 spiro atoms. The highest BCUT2D eigenvalue weighted by atomic mass is 16.5. The molecule has 0 saturated heterocycles. The quantitative estimate of drug-likeness (QED) is 0.626. The number of rotatable bonds is 5. The molecule has 6 heteroatoms. The Labute approximate surface area is 164 Å². The molecule has 1 aliphatic heterocycles. The van der Waals surface area contributed by atoms with Crippen molar-refractivity contribution in [2.24, 2.45) is 0 Å². The van der Waals surface area contributed by atoms with Crippen LogP contribution in [0.4, 0.5) is 17.2 Å². The zero-order valence-corrected chi connectivity index (χ0v) is 15.9. The van der Waals surface area contributed by atoms with E-state index in [1.54, 1.807) is 19.2 Å². The van der Waals surface area contributed by atoms with Gasteiger partial charge in [-0.15, -0.1) is 0 Å². The standard InChI is InChI=1S/C22H24N4O2/c1-28-21-8-7-16(11-20(21)27)14-26-10-9-23-19-13-24-22(12-17(19)15-26)25-18-5-3-2-4-6-18/h2-8,11-13,23,27H,9-10,14-15H2,1H3,(H,24,25). The largest absolute Gasteiger partial charge is 0.504 e. The Morgan fingerprint density at radius 3 is 2.82 bits per heavy atom. The monoisotopic (exact) mass is 376 g/mol. The topological polar surface area (TPSA) is 69.7 Å². The number of hydrogen-bond donors (Lipinski definition) is 3. The maximum atomic E-state index is 10.0. The fraction of sp³-hybridized carbons (Fsp3) is 0.227. The maximum Gasteiger partial charge on any atom is 0.160 e. The van der Waals surface area contributed by atoms with Crippen molar-refractivity contribution in [1.82, 2.24) is 9.88 Å². The van der Waals surface area contributed by atoms with E-state index in [1.807, 2.05) is 42.6 Å². The van der Waals surface area contributed by atoms with Crippen LogP contribution in [0, 0.1) is 0 Å². The van der Waals surface area contributed by atoms with Gasteiger partial charge >= 0.3 is 0 Å². The second kappa shape index (κ2) is 8.19. The van der Waals surface area contributed by atoms with E-state index in [9.17, 15) is 5.11 Å². The highest BCUT2D eigenvalue weighted by Crippen LogP contribution is 2.28. The van der Waals surface area contributed by atoms with E-state index in [2.05, 4.69) is 26.6 Å². The van der Waals surface area contributed by atoms with Crippen LogP contribution >= 0.6 is 0 Å². The molecule has 28 heavy (non-hydrogen) atoms. The summed E-state index contributed by atoms with van der Waals surface area (Å²) in [6.45, 7) is 3.31. The summed E-state index contributed by atoms with van der Waals surface area (Å²) >= 11 is 0. The lowest BCUT2D eigenvalue weighted by Gasteiger charge is -2.20. The van der Waals surface area contributed by atoms with Gasteiger partial charge in [-0.3, -0.25) is 4.90 Å². The van der Waals surface area contributed by atoms with Gasteiger partial charge in [0.2, 0.25) is 0 Å². The van der Waals surface area contributed by atoms with Crippen molar-refractivity contribution in [1.29, 1.82) is 0 Å². The number of aromatic hydroxyl groups is 1. The first-order valence-corrected chi connectivity index (χ1v) is 9.34. The molecule has 3 N–H and O–H groups in total. The molecule has 1 aromatic heterocycles. The molecule has 0 amide bonds. The lowest BCUT2D eigenvalue weighted by atomic mass is 10.1. The van der Waals surface area contributed by atoms with Gasteiger partial charge in [0.05, 0.1) is 19.0 Å². The highest BCUT2D eigenvalue weighted by molar-refractivity contribution is 5.61. The molecule has 0 radical (unpaired) electrons. The number of hydrogen-bond acceptors (Lipinski definition) is 6. The number of aromatic nitrogens is 1. The number of anilines is 3. The van der Waals surface area contributed by atoms with Gasteiger partial charge in [-0.2, -0.15) is 0 Å². The number of benzene rings is 2. The molecule has 144 valence electrons. The number of methoxy groups -OCH3 is 1. The Kier molecular flexibility index (Phi) is 5.30. The summed E-state index contributed by atoms with van der Waals surface area (Å²) in [5.41, 5.74) is 4.34. The van der Waals surface area contributed by atoms with Crippen LogP contribution in [0.3, 0.4) is 0 Å². The fourth-order valence-electron chi connectivity index (χ4n) is 3.42. The van der Waals surface area contributed by atoms with Crippen molar-refractivity contribution in [3.8, 4) is 11.5 Å². The van der Waals surface area contributed by atoms with Crippen LogP contribution in [-0.2, 0) is 13.1 Å². The van der Waals surface area contributed by atoms with Gasteiger partial charge in [-0.1, -0.05) is 24.3 Å². The normalized spacial score (nSPS) is 13.9. The van der Waals surface area contributed by atoms with Crippen LogP contribution in [0.2, 0.25) is 0 Å². The van der Waals surface area contributed by atoms with E-state index in [0.717, 1.165) is 48.9 Å². The minimum absolute atomic E-state index is 0.173. The molecule has 0 aliphatic carbocycles. The lowest BCUT2D eigenvalue weighted by molar-refractivity contribution is 0.271. The molecule has 0 unspecified atom stereocenters. The highest BCUT2D eigenvalue weighted by Gasteiger charge is 2.16. The van der Waals surface area contributed by atoms with Crippen molar-refractivity contribution < 1.29 is 9.84 Å². The van der Waals surface area contributed by atoms with E-state index < -0.39 is 0 Å². The van der Waals surface area contributed by atoms with E-state index in [1.165, 1.54) is 5.56 Å². The Morgan fingerprint density at radius 1 is 1.18 bits per heavy atom. The minimum Gasteiger partial charge on any atom is -0.504 e. The van der Waals surface area contributed by atoms with Gasteiger partial charge in [0.1, 0.15) is 5.82 Å². The first-order chi connectivity index (χ1) is 13.7. The van der Waals surface area contributed by atoms with Crippen LogP contribution in [0.25, 0.3) is 0 Å². The second-order valence-corrected chi connectivity index (χ2v) is 6.86. The number of phenolic OH excluding ortho intramolecular Hbond substituents is 1. The van der Waals surface area contributed by atoms with Gasteiger partial charge < -0.3 is 20.5 Å². The van der Waals surface area contributed by atoms with Crippen molar-refractivity contribution in [2.45, 2.75) is 13.1 Å². The molecular formula is C22H24N4O2. The predicted octanol–water partition coefficient (Wildman–Crippen LogP) is 3.97. The van der Waals surface area contributed by atoms with E-state index >= 15 is 0 Å².